The van der Waals surface area contributed by atoms with E-state index in [1.165, 1.54) is 10.9 Å². The Kier molecular flexibility index (Phi) is 3.34. The zero-order valence-electron chi connectivity index (χ0n) is 12.4. The van der Waals surface area contributed by atoms with E-state index in [4.69, 9.17) is 9.47 Å². The summed E-state index contributed by atoms with van der Waals surface area (Å²) >= 11 is 0. The van der Waals surface area contributed by atoms with E-state index < -0.39 is 0 Å². The molecule has 20 heavy (non-hydrogen) atoms. The van der Waals surface area contributed by atoms with Crippen LogP contribution in [-0.2, 0) is 6.42 Å². The SMILES string of the molecule is CC(C)(C)NCCc1c[nH]c2cc3c(cc12)OCCO3. The minimum atomic E-state index is 0.155. The van der Waals surface area contributed by atoms with E-state index in [0.717, 1.165) is 30.0 Å². The monoisotopic (exact) mass is 274 g/mol. The molecule has 4 nitrogen and oxygen atoms in total. The second kappa shape index (κ2) is 5.02. The molecule has 1 aromatic carbocycles. The molecule has 2 heterocycles. The molecule has 108 valence electrons. The number of ether oxygens (including phenoxy) is 2. The highest BCUT2D eigenvalue weighted by atomic mass is 16.6. The number of hydrogen-bond acceptors (Lipinski definition) is 3. The molecule has 0 amide bonds. The lowest BCUT2D eigenvalue weighted by Gasteiger charge is -2.20. The molecule has 0 spiro atoms. The molecule has 1 aliphatic rings. The van der Waals surface area contributed by atoms with Gasteiger partial charge >= 0.3 is 0 Å². The summed E-state index contributed by atoms with van der Waals surface area (Å²) < 4.78 is 11.3. The molecule has 2 aromatic rings. The molecular weight excluding hydrogens is 252 g/mol. The summed E-state index contributed by atoms with van der Waals surface area (Å²) in [7, 11) is 0. The highest BCUT2D eigenvalue weighted by molar-refractivity contribution is 5.86. The average molecular weight is 274 g/mol. The standard InChI is InChI=1S/C16H22N2O2/c1-16(2,3)18-5-4-11-10-17-13-9-15-14(8-12(11)13)19-6-7-20-15/h8-10,17-18H,4-7H2,1-3H3. The summed E-state index contributed by atoms with van der Waals surface area (Å²) in [5.41, 5.74) is 2.58. The number of benzene rings is 1. The molecule has 0 atom stereocenters. The van der Waals surface area contributed by atoms with E-state index in [1.54, 1.807) is 0 Å². The van der Waals surface area contributed by atoms with Gasteiger partial charge in [0.05, 0.1) is 0 Å². The van der Waals surface area contributed by atoms with Gasteiger partial charge in [0.25, 0.3) is 0 Å². The van der Waals surface area contributed by atoms with Gasteiger partial charge in [-0.15, -0.1) is 0 Å². The van der Waals surface area contributed by atoms with Crippen molar-refractivity contribution < 1.29 is 9.47 Å². The van der Waals surface area contributed by atoms with Crippen molar-refractivity contribution in [1.29, 1.82) is 0 Å². The van der Waals surface area contributed by atoms with Gasteiger partial charge in [0.1, 0.15) is 13.2 Å². The van der Waals surface area contributed by atoms with Crippen LogP contribution in [-0.4, -0.2) is 30.3 Å². The van der Waals surface area contributed by atoms with Crippen LogP contribution in [0, 0.1) is 0 Å². The summed E-state index contributed by atoms with van der Waals surface area (Å²) in [6.07, 6.45) is 3.08. The Bertz CT molecular complexity index is 611. The maximum Gasteiger partial charge on any atom is 0.163 e. The fourth-order valence-electron chi connectivity index (χ4n) is 2.50. The zero-order chi connectivity index (χ0) is 14.2. The maximum absolute atomic E-state index is 5.66. The van der Waals surface area contributed by atoms with Crippen LogP contribution < -0.4 is 14.8 Å². The number of aromatic nitrogens is 1. The molecule has 0 saturated carbocycles. The van der Waals surface area contributed by atoms with E-state index in [0.29, 0.717) is 13.2 Å². The molecule has 1 aromatic heterocycles. The van der Waals surface area contributed by atoms with E-state index in [1.807, 2.05) is 6.07 Å². The number of H-pyrrole nitrogens is 1. The van der Waals surface area contributed by atoms with Crippen LogP contribution in [0.2, 0.25) is 0 Å². The van der Waals surface area contributed by atoms with Gasteiger partial charge in [0.2, 0.25) is 0 Å². The lowest BCUT2D eigenvalue weighted by atomic mass is 10.1. The molecule has 2 N–H and O–H groups in total. The number of fused-ring (bicyclic) bond motifs is 2. The minimum absolute atomic E-state index is 0.155. The van der Waals surface area contributed by atoms with Gasteiger partial charge in [-0.25, -0.2) is 0 Å². The molecular formula is C16H22N2O2. The Hall–Kier alpha value is -1.68. The third-order valence-corrected chi connectivity index (χ3v) is 3.48. The Morgan fingerprint density at radius 3 is 2.55 bits per heavy atom. The van der Waals surface area contributed by atoms with Crippen LogP contribution in [0.15, 0.2) is 18.3 Å². The van der Waals surface area contributed by atoms with Crippen LogP contribution in [0.5, 0.6) is 11.5 Å². The minimum Gasteiger partial charge on any atom is -0.486 e. The lowest BCUT2D eigenvalue weighted by molar-refractivity contribution is 0.172. The summed E-state index contributed by atoms with van der Waals surface area (Å²) in [4.78, 5) is 3.32. The second-order valence-electron chi connectivity index (χ2n) is 6.28. The zero-order valence-corrected chi connectivity index (χ0v) is 12.4. The van der Waals surface area contributed by atoms with Crippen LogP contribution in [0.1, 0.15) is 26.3 Å². The first kappa shape index (κ1) is 13.3. The summed E-state index contributed by atoms with van der Waals surface area (Å²) in [5.74, 6) is 1.69. The van der Waals surface area contributed by atoms with E-state index >= 15 is 0 Å². The van der Waals surface area contributed by atoms with Gasteiger partial charge in [-0.05, 0) is 45.4 Å². The quantitative estimate of drug-likeness (QED) is 0.904. The number of rotatable bonds is 3. The van der Waals surface area contributed by atoms with Crippen molar-refractivity contribution >= 4 is 10.9 Å². The summed E-state index contributed by atoms with van der Waals surface area (Å²) in [6, 6.07) is 4.12. The summed E-state index contributed by atoms with van der Waals surface area (Å²) in [6.45, 7) is 8.77. The van der Waals surface area contributed by atoms with E-state index in [2.05, 4.69) is 43.3 Å². The van der Waals surface area contributed by atoms with Crippen molar-refractivity contribution in [3.05, 3.63) is 23.9 Å². The summed E-state index contributed by atoms with van der Waals surface area (Å²) in [5, 5.41) is 4.74. The van der Waals surface area contributed by atoms with Crippen LogP contribution in [0.25, 0.3) is 10.9 Å². The average Bonchev–Trinajstić information content (AvgIpc) is 2.77. The maximum atomic E-state index is 5.66. The first-order valence-electron chi connectivity index (χ1n) is 7.17. The predicted molar refractivity (Wildman–Crippen MR) is 80.7 cm³/mol. The Labute approximate surface area is 119 Å². The number of hydrogen-bond donors (Lipinski definition) is 2. The fourth-order valence-corrected chi connectivity index (χ4v) is 2.50. The Morgan fingerprint density at radius 1 is 1.15 bits per heavy atom. The molecule has 0 bridgehead atoms. The molecule has 1 aliphatic heterocycles. The van der Waals surface area contributed by atoms with Gasteiger partial charge < -0.3 is 19.8 Å². The highest BCUT2D eigenvalue weighted by Crippen LogP contribution is 2.35. The largest absolute Gasteiger partial charge is 0.486 e. The normalized spacial score (nSPS) is 14.8. The van der Waals surface area contributed by atoms with Crippen molar-refractivity contribution in [2.75, 3.05) is 19.8 Å². The molecule has 4 heteroatoms. The molecule has 3 rings (SSSR count). The van der Waals surface area contributed by atoms with Gasteiger partial charge in [-0.1, -0.05) is 0 Å². The van der Waals surface area contributed by atoms with Gasteiger partial charge in [-0.3, -0.25) is 0 Å². The predicted octanol–water partition coefficient (Wildman–Crippen LogP) is 2.87. The van der Waals surface area contributed by atoms with Gasteiger partial charge in [0, 0.05) is 28.7 Å². The number of aromatic amines is 1. The van der Waals surface area contributed by atoms with Crippen molar-refractivity contribution in [3.8, 4) is 11.5 Å². The topological polar surface area (TPSA) is 46.3 Å². The third kappa shape index (κ3) is 2.75. The lowest BCUT2D eigenvalue weighted by Crippen LogP contribution is -2.37. The van der Waals surface area contributed by atoms with Crippen molar-refractivity contribution in [3.63, 3.8) is 0 Å². The van der Waals surface area contributed by atoms with Crippen molar-refractivity contribution in [1.82, 2.24) is 10.3 Å². The highest BCUT2D eigenvalue weighted by Gasteiger charge is 2.15. The molecule has 0 fully saturated rings. The van der Waals surface area contributed by atoms with Crippen LogP contribution in [0.3, 0.4) is 0 Å². The fraction of sp³-hybridized carbons (Fsp3) is 0.500. The van der Waals surface area contributed by atoms with E-state index in [-0.39, 0.29) is 5.54 Å². The third-order valence-electron chi connectivity index (χ3n) is 3.48. The Morgan fingerprint density at radius 2 is 1.85 bits per heavy atom. The second-order valence-corrected chi connectivity index (χ2v) is 6.28. The molecule has 0 radical (unpaired) electrons. The first-order valence-corrected chi connectivity index (χ1v) is 7.17. The molecule has 0 saturated heterocycles. The molecule has 0 unspecified atom stereocenters. The van der Waals surface area contributed by atoms with E-state index in [9.17, 15) is 0 Å². The van der Waals surface area contributed by atoms with Gasteiger partial charge in [0.15, 0.2) is 11.5 Å². The first-order chi connectivity index (χ1) is 9.53. The molecule has 0 aliphatic carbocycles. The number of nitrogens with one attached hydrogen (secondary N) is 2. The van der Waals surface area contributed by atoms with Crippen molar-refractivity contribution in [2.24, 2.45) is 0 Å². The van der Waals surface area contributed by atoms with Crippen molar-refractivity contribution in [2.45, 2.75) is 32.7 Å². The van der Waals surface area contributed by atoms with Crippen LogP contribution in [0.4, 0.5) is 0 Å². The smallest absolute Gasteiger partial charge is 0.163 e. The van der Waals surface area contributed by atoms with Crippen LogP contribution >= 0.6 is 0 Å². The van der Waals surface area contributed by atoms with Gasteiger partial charge in [-0.2, -0.15) is 0 Å². The Balaban J connectivity index is 1.82.